The molecule has 1 aromatic carbocycles. The van der Waals surface area contributed by atoms with Crippen LogP contribution in [0.2, 0.25) is 0 Å². The monoisotopic (exact) mass is 443 g/mol. The van der Waals surface area contributed by atoms with Gasteiger partial charge in [0.05, 0.1) is 41.3 Å². The van der Waals surface area contributed by atoms with E-state index in [1.165, 1.54) is 4.68 Å². The number of carbonyl (C=O) groups is 2. The molecule has 0 fully saturated rings. The summed E-state index contributed by atoms with van der Waals surface area (Å²) in [4.78, 5) is 42.0. The van der Waals surface area contributed by atoms with Gasteiger partial charge in [0.25, 0.3) is 11.5 Å². The molecule has 1 atom stereocenters. The Bertz CT molecular complexity index is 1570. The van der Waals surface area contributed by atoms with Gasteiger partial charge in [-0.25, -0.2) is 14.5 Å². The van der Waals surface area contributed by atoms with Crippen LogP contribution in [-0.4, -0.2) is 42.9 Å². The summed E-state index contributed by atoms with van der Waals surface area (Å²) < 4.78 is 7.71. The topological polar surface area (TPSA) is 142 Å². The van der Waals surface area contributed by atoms with Gasteiger partial charge in [-0.05, 0) is 18.2 Å². The minimum absolute atomic E-state index is 0.175. The van der Waals surface area contributed by atoms with E-state index in [1.54, 1.807) is 22.9 Å². The Balaban J connectivity index is 1.63. The van der Waals surface area contributed by atoms with Crippen molar-refractivity contribution in [3.05, 3.63) is 69.6 Å². The zero-order valence-electron chi connectivity index (χ0n) is 17.2. The van der Waals surface area contributed by atoms with Gasteiger partial charge in [0.1, 0.15) is 6.61 Å². The maximum atomic E-state index is 13.3. The van der Waals surface area contributed by atoms with E-state index < -0.39 is 12.1 Å². The van der Waals surface area contributed by atoms with Gasteiger partial charge in [-0.3, -0.25) is 9.59 Å². The second kappa shape index (κ2) is 6.92. The van der Waals surface area contributed by atoms with Gasteiger partial charge in [-0.15, -0.1) is 0 Å². The third-order valence-corrected chi connectivity index (χ3v) is 6.14. The first-order chi connectivity index (χ1) is 16.0. The van der Waals surface area contributed by atoms with Crippen LogP contribution in [0.4, 0.5) is 0 Å². The smallest absolute Gasteiger partial charge is 0.340 e. The van der Waals surface area contributed by atoms with Crippen LogP contribution in [0.5, 0.6) is 0 Å². The van der Waals surface area contributed by atoms with E-state index in [9.17, 15) is 19.5 Å². The van der Waals surface area contributed by atoms with Crippen molar-refractivity contribution in [3.8, 4) is 22.6 Å². The molecule has 0 amide bonds. The Morgan fingerprint density at radius 1 is 1.21 bits per heavy atom. The largest absolute Gasteiger partial charge is 0.458 e. The van der Waals surface area contributed by atoms with E-state index in [-0.39, 0.29) is 42.3 Å². The summed E-state index contributed by atoms with van der Waals surface area (Å²) in [6, 6.07) is 10.9. The van der Waals surface area contributed by atoms with Crippen molar-refractivity contribution >= 4 is 22.8 Å². The molecule has 0 unspecified atom stereocenters. The molecule has 3 aromatic heterocycles. The Kier molecular flexibility index (Phi) is 4.10. The lowest BCUT2D eigenvalue weighted by atomic mass is 9.97. The molecule has 4 aromatic rings. The zero-order valence-corrected chi connectivity index (χ0v) is 17.2. The number of ether oxygens (including phenoxy) is 1. The standard InChI is InChI=1S/C23H17N5O5/c24-8-18(29)28-6-5-16(26-28)19-11-3-1-2-4-15(11)25-20-13(19)9-27-17(20)7-12-14(22(27)31)10-33-23(32)21(12)30/h1-7,21,30H,8-10,24H2/t21-/m0/s1. The van der Waals surface area contributed by atoms with Crippen molar-refractivity contribution in [1.29, 1.82) is 0 Å². The van der Waals surface area contributed by atoms with Crippen molar-refractivity contribution < 1.29 is 19.4 Å². The highest BCUT2D eigenvalue weighted by Gasteiger charge is 2.35. The minimum atomic E-state index is -1.52. The zero-order chi connectivity index (χ0) is 22.9. The number of benzene rings is 1. The molecule has 0 spiro atoms. The molecule has 0 radical (unpaired) electrons. The maximum Gasteiger partial charge on any atom is 0.340 e. The molecule has 0 aliphatic carbocycles. The number of carbonyl (C=O) groups excluding carboxylic acids is 2. The fourth-order valence-electron chi connectivity index (χ4n) is 4.56. The number of hydrogen-bond donors (Lipinski definition) is 2. The van der Waals surface area contributed by atoms with Crippen LogP contribution in [-0.2, 0) is 22.7 Å². The van der Waals surface area contributed by atoms with E-state index >= 15 is 0 Å². The quantitative estimate of drug-likeness (QED) is 0.385. The molecule has 33 heavy (non-hydrogen) atoms. The normalized spacial score (nSPS) is 16.3. The van der Waals surface area contributed by atoms with Gasteiger partial charge in [-0.2, -0.15) is 5.10 Å². The number of rotatable bonds is 2. The molecular weight excluding hydrogens is 426 g/mol. The number of para-hydroxylation sites is 1. The fourth-order valence-corrected chi connectivity index (χ4v) is 4.56. The SMILES string of the molecule is NCC(=O)n1ccc(-c2c3c(nc4ccccc24)-c2cc4c(c(=O)n2C3)COC(=O)[C@H]4O)n1. The summed E-state index contributed by atoms with van der Waals surface area (Å²) >= 11 is 0. The van der Waals surface area contributed by atoms with Crippen molar-refractivity contribution in [2.75, 3.05) is 6.54 Å². The van der Waals surface area contributed by atoms with Crippen molar-refractivity contribution in [1.82, 2.24) is 19.3 Å². The molecule has 0 saturated heterocycles. The van der Waals surface area contributed by atoms with Crippen LogP contribution in [0.1, 0.15) is 27.6 Å². The highest BCUT2D eigenvalue weighted by Crippen LogP contribution is 2.41. The number of aliphatic hydroxyl groups excluding tert-OH is 1. The van der Waals surface area contributed by atoms with Gasteiger partial charge in [-0.1, -0.05) is 18.2 Å². The van der Waals surface area contributed by atoms with Crippen LogP contribution in [0.3, 0.4) is 0 Å². The Labute approximate surface area is 185 Å². The Morgan fingerprint density at radius 2 is 2.03 bits per heavy atom. The third-order valence-electron chi connectivity index (χ3n) is 6.14. The molecule has 5 heterocycles. The number of aromatic nitrogens is 4. The third kappa shape index (κ3) is 2.71. The van der Waals surface area contributed by atoms with Gasteiger partial charge in [0, 0.05) is 28.3 Å². The Morgan fingerprint density at radius 3 is 2.85 bits per heavy atom. The molecular formula is C23H17N5O5. The van der Waals surface area contributed by atoms with Crippen molar-refractivity contribution in [2.24, 2.45) is 5.73 Å². The summed E-state index contributed by atoms with van der Waals surface area (Å²) in [5, 5.41) is 15.6. The number of aliphatic hydroxyl groups is 1. The highest BCUT2D eigenvalue weighted by molar-refractivity contribution is 5.99. The molecule has 10 nitrogen and oxygen atoms in total. The predicted molar refractivity (Wildman–Crippen MR) is 116 cm³/mol. The fraction of sp³-hybridized carbons (Fsp3) is 0.174. The number of cyclic esters (lactones) is 1. The number of pyridine rings is 2. The van der Waals surface area contributed by atoms with Gasteiger partial charge in [0.15, 0.2) is 6.10 Å². The maximum absolute atomic E-state index is 13.3. The number of nitrogens with zero attached hydrogens (tertiary/aromatic N) is 4. The van der Waals surface area contributed by atoms with Crippen LogP contribution in [0.15, 0.2) is 47.4 Å². The lowest BCUT2D eigenvalue weighted by Gasteiger charge is -2.21. The second-order valence-corrected chi connectivity index (χ2v) is 7.94. The van der Waals surface area contributed by atoms with E-state index in [0.29, 0.717) is 22.6 Å². The van der Waals surface area contributed by atoms with Crippen LogP contribution in [0.25, 0.3) is 33.5 Å². The lowest BCUT2D eigenvalue weighted by Crippen LogP contribution is -2.32. The molecule has 2 aliphatic heterocycles. The molecule has 10 heteroatoms. The van der Waals surface area contributed by atoms with Gasteiger partial charge in [0.2, 0.25) is 0 Å². The summed E-state index contributed by atoms with van der Waals surface area (Å²) in [5.41, 5.74) is 9.45. The van der Waals surface area contributed by atoms with E-state index in [1.807, 2.05) is 24.3 Å². The van der Waals surface area contributed by atoms with Gasteiger partial charge >= 0.3 is 5.97 Å². The van der Waals surface area contributed by atoms with Gasteiger partial charge < -0.3 is 20.1 Å². The van der Waals surface area contributed by atoms with E-state index in [0.717, 1.165) is 16.5 Å². The summed E-state index contributed by atoms with van der Waals surface area (Å²) in [7, 11) is 0. The number of nitrogens with two attached hydrogens (primary N) is 1. The number of fused-ring (bicyclic) bond motifs is 5. The number of hydrogen-bond acceptors (Lipinski definition) is 8. The summed E-state index contributed by atoms with van der Waals surface area (Å²) in [6.45, 7) is -0.133. The average molecular weight is 443 g/mol. The predicted octanol–water partition coefficient (Wildman–Crippen LogP) is 0.978. The second-order valence-electron chi connectivity index (χ2n) is 7.94. The minimum Gasteiger partial charge on any atom is -0.458 e. The molecule has 6 rings (SSSR count). The molecule has 3 N–H and O–H groups in total. The lowest BCUT2D eigenvalue weighted by molar-refractivity contribution is -0.157. The molecule has 0 saturated carbocycles. The first kappa shape index (κ1) is 19.5. The summed E-state index contributed by atoms with van der Waals surface area (Å²) in [5.74, 6) is -1.13. The van der Waals surface area contributed by atoms with E-state index in [2.05, 4.69) is 5.10 Å². The molecule has 0 bridgehead atoms. The number of esters is 1. The van der Waals surface area contributed by atoms with E-state index in [4.69, 9.17) is 15.5 Å². The van der Waals surface area contributed by atoms with Crippen LogP contribution >= 0.6 is 0 Å². The van der Waals surface area contributed by atoms with Crippen LogP contribution < -0.4 is 11.3 Å². The molecule has 164 valence electrons. The van der Waals surface area contributed by atoms with Crippen molar-refractivity contribution in [3.63, 3.8) is 0 Å². The first-order valence-electron chi connectivity index (χ1n) is 10.3. The summed E-state index contributed by atoms with van der Waals surface area (Å²) in [6.07, 6.45) is 0.0348. The first-order valence-corrected chi connectivity index (χ1v) is 10.3. The Hall–Kier alpha value is -4.15. The average Bonchev–Trinajstić information content (AvgIpc) is 3.45. The highest BCUT2D eigenvalue weighted by atomic mass is 16.5. The van der Waals surface area contributed by atoms with Crippen LogP contribution in [0, 0.1) is 0 Å². The molecule has 2 aliphatic rings. The van der Waals surface area contributed by atoms with Crippen molar-refractivity contribution in [2.45, 2.75) is 19.3 Å².